The molecular formula is C14H19IN2O3. The topological polar surface area (TPSA) is 69.6 Å². The number of nitrogens with one attached hydrogen (secondary N) is 1. The number of rotatable bonds is 5. The maximum atomic E-state index is 12.2. The van der Waals surface area contributed by atoms with Crippen LogP contribution in [0.4, 0.5) is 0 Å². The number of halogens is 1. The van der Waals surface area contributed by atoms with Gasteiger partial charge in [0.15, 0.2) is 0 Å². The number of phenolic OH excluding ortho intramolecular Hbond substituents is 1. The van der Waals surface area contributed by atoms with Crippen molar-refractivity contribution in [3.8, 4) is 5.75 Å². The molecule has 0 aromatic heterocycles. The van der Waals surface area contributed by atoms with E-state index in [-0.39, 0.29) is 29.7 Å². The maximum absolute atomic E-state index is 12.2. The van der Waals surface area contributed by atoms with Gasteiger partial charge in [-0.05, 0) is 46.7 Å². The van der Waals surface area contributed by atoms with Crippen LogP contribution in [0.5, 0.6) is 5.75 Å². The Labute approximate surface area is 132 Å². The minimum atomic E-state index is -0.374. The summed E-state index contributed by atoms with van der Waals surface area (Å²) in [7, 11) is 1.54. The van der Waals surface area contributed by atoms with Gasteiger partial charge in [-0.15, -0.1) is 0 Å². The molecule has 6 heteroatoms. The molecule has 0 atom stereocenters. The van der Waals surface area contributed by atoms with Gasteiger partial charge in [0.25, 0.3) is 5.91 Å². The molecule has 5 nitrogen and oxygen atoms in total. The summed E-state index contributed by atoms with van der Waals surface area (Å²) in [4.78, 5) is 25.1. The predicted molar refractivity (Wildman–Crippen MR) is 85.6 cm³/mol. The molecule has 0 aliphatic carbocycles. The van der Waals surface area contributed by atoms with E-state index >= 15 is 0 Å². The number of carbonyl (C=O) groups is 2. The zero-order valence-corrected chi connectivity index (χ0v) is 14.0. The molecule has 0 saturated heterocycles. The van der Waals surface area contributed by atoms with Crippen LogP contribution in [0, 0.1) is 9.49 Å². The molecule has 0 fully saturated rings. The molecule has 0 aliphatic rings. The minimum Gasteiger partial charge on any atom is -0.507 e. The molecule has 0 saturated carbocycles. The molecule has 1 rings (SSSR count). The van der Waals surface area contributed by atoms with Gasteiger partial charge in [0.2, 0.25) is 5.91 Å². The summed E-state index contributed by atoms with van der Waals surface area (Å²) in [6.45, 7) is 4.55. The van der Waals surface area contributed by atoms with Crippen LogP contribution in [-0.2, 0) is 4.79 Å². The summed E-state index contributed by atoms with van der Waals surface area (Å²) in [5, 5.41) is 12.5. The van der Waals surface area contributed by atoms with E-state index in [2.05, 4.69) is 27.9 Å². The number of hydrogen-bond acceptors (Lipinski definition) is 3. The van der Waals surface area contributed by atoms with Gasteiger partial charge in [-0.2, -0.15) is 0 Å². The van der Waals surface area contributed by atoms with Gasteiger partial charge >= 0.3 is 0 Å². The van der Waals surface area contributed by atoms with Crippen LogP contribution < -0.4 is 5.32 Å². The van der Waals surface area contributed by atoms with Crippen LogP contribution in [0.2, 0.25) is 0 Å². The van der Waals surface area contributed by atoms with E-state index in [4.69, 9.17) is 0 Å². The first-order chi connectivity index (χ1) is 9.31. The van der Waals surface area contributed by atoms with Crippen molar-refractivity contribution in [1.29, 1.82) is 0 Å². The molecule has 0 aliphatic heterocycles. The van der Waals surface area contributed by atoms with Gasteiger partial charge < -0.3 is 15.3 Å². The summed E-state index contributed by atoms with van der Waals surface area (Å²) >= 11 is 2.06. The number of hydrogen-bond donors (Lipinski definition) is 2. The first kappa shape index (κ1) is 16.7. The van der Waals surface area contributed by atoms with E-state index < -0.39 is 0 Å². The number of aromatic hydroxyl groups is 1. The van der Waals surface area contributed by atoms with Gasteiger partial charge in [0.1, 0.15) is 5.75 Å². The monoisotopic (exact) mass is 390 g/mol. The number of amides is 2. The van der Waals surface area contributed by atoms with Gasteiger partial charge in [-0.25, -0.2) is 0 Å². The Hall–Kier alpha value is -1.31. The van der Waals surface area contributed by atoms with E-state index in [9.17, 15) is 14.7 Å². The van der Waals surface area contributed by atoms with Crippen LogP contribution in [0.1, 0.15) is 24.2 Å². The quantitative estimate of drug-likeness (QED) is 0.754. The third-order valence-corrected chi connectivity index (χ3v) is 3.29. The summed E-state index contributed by atoms with van der Waals surface area (Å²) < 4.78 is 0.849. The molecular weight excluding hydrogens is 371 g/mol. The first-order valence-corrected chi connectivity index (χ1v) is 7.39. The molecule has 0 bridgehead atoms. The minimum absolute atomic E-state index is 0.0313. The SMILES string of the molecule is CC(C)CNC(=O)CN(C)C(=O)c1cc(I)ccc1O. The first-order valence-electron chi connectivity index (χ1n) is 6.32. The molecule has 0 spiro atoms. The second-order valence-corrected chi connectivity index (χ2v) is 6.27. The highest BCUT2D eigenvalue weighted by Crippen LogP contribution is 2.20. The van der Waals surface area contributed by atoms with Crippen LogP contribution in [-0.4, -0.2) is 42.0 Å². The molecule has 0 unspecified atom stereocenters. The number of phenols is 1. The lowest BCUT2D eigenvalue weighted by atomic mass is 10.2. The van der Waals surface area contributed by atoms with Crippen molar-refractivity contribution < 1.29 is 14.7 Å². The van der Waals surface area contributed by atoms with E-state index in [0.29, 0.717) is 12.5 Å². The molecule has 0 heterocycles. The van der Waals surface area contributed by atoms with Crippen molar-refractivity contribution in [2.45, 2.75) is 13.8 Å². The molecule has 2 N–H and O–H groups in total. The van der Waals surface area contributed by atoms with Gasteiger partial charge in [-0.1, -0.05) is 13.8 Å². The lowest BCUT2D eigenvalue weighted by Crippen LogP contribution is -2.39. The predicted octanol–water partition coefficient (Wildman–Crippen LogP) is 1.84. The number of benzene rings is 1. The van der Waals surface area contributed by atoms with Crippen molar-refractivity contribution in [1.82, 2.24) is 10.2 Å². The highest BCUT2D eigenvalue weighted by atomic mass is 127. The van der Waals surface area contributed by atoms with E-state index in [1.807, 2.05) is 13.8 Å². The summed E-state index contributed by atoms with van der Waals surface area (Å²) in [6.07, 6.45) is 0. The van der Waals surface area contributed by atoms with E-state index in [1.165, 1.54) is 18.0 Å². The van der Waals surface area contributed by atoms with E-state index in [0.717, 1.165) is 3.57 Å². The average Bonchev–Trinajstić information content (AvgIpc) is 2.38. The molecule has 1 aromatic rings. The lowest BCUT2D eigenvalue weighted by molar-refractivity contribution is -0.121. The van der Waals surface area contributed by atoms with Gasteiger partial charge in [0, 0.05) is 17.2 Å². The third kappa shape index (κ3) is 4.99. The van der Waals surface area contributed by atoms with Gasteiger partial charge in [0.05, 0.1) is 12.1 Å². The molecule has 110 valence electrons. The highest BCUT2D eigenvalue weighted by molar-refractivity contribution is 14.1. The molecule has 20 heavy (non-hydrogen) atoms. The Kier molecular flexibility index (Phi) is 6.25. The fourth-order valence-corrected chi connectivity index (χ4v) is 2.04. The molecule has 0 radical (unpaired) electrons. The van der Waals surface area contributed by atoms with Crippen molar-refractivity contribution >= 4 is 34.4 Å². The fourth-order valence-electron chi connectivity index (χ4n) is 1.55. The Balaban J connectivity index is 2.67. The van der Waals surface area contributed by atoms with Crippen molar-refractivity contribution in [2.24, 2.45) is 5.92 Å². The van der Waals surface area contributed by atoms with Crippen LogP contribution in [0.15, 0.2) is 18.2 Å². The van der Waals surface area contributed by atoms with Crippen LogP contribution in [0.25, 0.3) is 0 Å². The molecule has 1 aromatic carbocycles. The Morgan fingerprint density at radius 2 is 2.05 bits per heavy atom. The van der Waals surface area contributed by atoms with Gasteiger partial charge in [-0.3, -0.25) is 9.59 Å². The van der Waals surface area contributed by atoms with Crippen molar-refractivity contribution in [3.05, 3.63) is 27.3 Å². The zero-order chi connectivity index (χ0) is 15.3. The number of likely N-dealkylation sites (N-methyl/N-ethyl adjacent to an activating group) is 1. The summed E-state index contributed by atoms with van der Waals surface area (Å²) in [5.74, 6) is -0.301. The lowest BCUT2D eigenvalue weighted by Gasteiger charge is -2.18. The second-order valence-electron chi connectivity index (χ2n) is 5.02. The maximum Gasteiger partial charge on any atom is 0.257 e. The smallest absolute Gasteiger partial charge is 0.257 e. The van der Waals surface area contributed by atoms with E-state index in [1.54, 1.807) is 12.1 Å². The number of carbonyl (C=O) groups excluding carboxylic acids is 2. The fraction of sp³-hybridized carbons (Fsp3) is 0.429. The number of nitrogens with zero attached hydrogens (tertiary/aromatic N) is 1. The standard InChI is InChI=1S/C14H19IN2O3/c1-9(2)7-16-13(19)8-17(3)14(20)11-6-10(15)4-5-12(11)18/h4-6,9,18H,7-8H2,1-3H3,(H,16,19). The van der Waals surface area contributed by atoms with Crippen molar-refractivity contribution in [2.75, 3.05) is 20.1 Å². The second kappa shape index (κ2) is 7.47. The largest absolute Gasteiger partial charge is 0.507 e. The Morgan fingerprint density at radius 3 is 2.65 bits per heavy atom. The molecule has 2 amide bonds. The zero-order valence-electron chi connectivity index (χ0n) is 11.8. The normalized spacial score (nSPS) is 10.4. The third-order valence-electron chi connectivity index (χ3n) is 2.62. The highest BCUT2D eigenvalue weighted by Gasteiger charge is 2.18. The Morgan fingerprint density at radius 1 is 1.40 bits per heavy atom. The van der Waals surface area contributed by atoms with Crippen molar-refractivity contribution in [3.63, 3.8) is 0 Å². The van der Waals surface area contributed by atoms with Crippen LogP contribution in [0.3, 0.4) is 0 Å². The Bertz CT molecular complexity index is 503. The summed E-state index contributed by atoms with van der Waals surface area (Å²) in [6, 6.07) is 4.78. The van der Waals surface area contributed by atoms with Crippen LogP contribution >= 0.6 is 22.6 Å². The average molecular weight is 390 g/mol. The summed E-state index contributed by atoms with van der Waals surface area (Å²) in [5.41, 5.74) is 0.205.